The minimum absolute atomic E-state index is 0.135. The van der Waals surface area contributed by atoms with Crippen LogP contribution >= 0.6 is 0 Å². The number of hydrogen-bond donors (Lipinski definition) is 1. The first-order valence-corrected chi connectivity index (χ1v) is 10.3. The fraction of sp³-hybridized carbons (Fsp3) is 0.542. The number of rotatable bonds is 4. The molecule has 1 heterocycles. The van der Waals surface area contributed by atoms with E-state index in [1.807, 2.05) is 60.8 Å². The molecule has 29 heavy (non-hydrogen) atoms. The average molecular weight is 402 g/mol. The van der Waals surface area contributed by atoms with Crippen molar-refractivity contribution in [3.8, 4) is 0 Å². The lowest BCUT2D eigenvalue weighted by Crippen LogP contribution is -2.30. The Morgan fingerprint density at radius 2 is 1.83 bits per heavy atom. The van der Waals surface area contributed by atoms with E-state index >= 15 is 0 Å². The first-order valence-electron chi connectivity index (χ1n) is 10.3. The number of pyridine rings is 1. The van der Waals surface area contributed by atoms with Crippen molar-refractivity contribution >= 4 is 17.3 Å². The second-order valence-corrected chi connectivity index (χ2v) is 7.97. The quantitative estimate of drug-likeness (QED) is 0.721. The maximum Gasteiger partial charge on any atom is 0.244 e. The summed E-state index contributed by atoms with van der Waals surface area (Å²) in [6.45, 7) is 14.1. The molecule has 1 aromatic heterocycles. The Morgan fingerprint density at radius 3 is 2.24 bits per heavy atom. The molecule has 0 spiro atoms. The van der Waals surface area contributed by atoms with Crippen LogP contribution in [0, 0.1) is 5.41 Å². The molecule has 2 rings (SSSR count). The van der Waals surface area contributed by atoms with Crippen molar-refractivity contribution in [3.05, 3.63) is 46.9 Å². The fourth-order valence-corrected chi connectivity index (χ4v) is 3.25. The van der Waals surface area contributed by atoms with Gasteiger partial charge in [0.1, 0.15) is 0 Å². The SMILES string of the molecule is CC.CC/C(C(N)=O)=C(\C)c1cccnc1.CC1=C(N(C)C)CC(C)(C)CC1=O. The van der Waals surface area contributed by atoms with Crippen molar-refractivity contribution < 1.29 is 9.59 Å². The van der Waals surface area contributed by atoms with E-state index < -0.39 is 0 Å². The summed E-state index contributed by atoms with van der Waals surface area (Å²) < 4.78 is 0. The third-order valence-corrected chi connectivity index (χ3v) is 4.87. The van der Waals surface area contributed by atoms with Gasteiger partial charge in [0.05, 0.1) is 0 Å². The molecule has 0 fully saturated rings. The number of carbonyl (C=O) groups is 2. The van der Waals surface area contributed by atoms with Gasteiger partial charge in [-0.05, 0) is 49.3 Å². The number of nitrogens with zero attached hydrogens (tertiary/aromatic N) is 2. The number of ketones is 1. The lowest BCUT2D eigenvalue weighted by Gasteiger charge is -2.34. The normalized spacial score (nSPS) is 16.0. The van der Waals surface area contributed by atoms with Crippen LogP contribution in [-0.2, 0) is 9.59 Å². The molecule has 162 valence electrons. The van der Waals surface area contributed by atoms with Gasteiger partial charge in [-0.2, -0.15) is 0 Å². The Hall–Kier alpha value is -2.43. The van der Waals surface area contributed by atoms with Gasteiger partial charge in [-0.1, -0.05) is 40.7 Å². The first-order chi connectivity index (χ1) is 13.5. The van der Waals surface area contributed by atoms with Crippen LogP contribution in [0.3, 0.4) is 0 Å². The molecule has 0 radical (unpaired) electrons. The molecule has 5 heteroatoms. The second kappa shape index (κ2) is 12.2. The van der Waals surface area contributed by atoms with E-state index in [-0.39, 0.29) is 11.3 Å². The van der Waals surface area contributed by atoms with Crippen molar-refractivity contribution in [2.75, 3.05) is 14.1 Å². The summed E-state index contributed by atoms with van der Waals surface area (Å²) in [5.74, 6) is -0.0474. The van der Waals surface area contributed by atoms with Crippen LogP contribution in [0.5, 0.6) is 0 Å². The van der Waals surface area contributed by atoms with Gasteiger partial charge < -0.3 is 10.6 Å². The molecular weight excluding hydrogens is 362 g/mol. The zero-order valence-electron chi connectivity index (χ0n) is 19.7. The zero-order valence-corrected chi connectivity index (χ0v) is 19.7. The van der Waals surface area contributed by atoms with Gasteiger partial charge in [0.15, 0.2) is 5.78 Å². The molecule has 1 aliphatic carbocycles. The van der Waals surface area contributed by atoms with E-state index in [2.05, 4.69) is 23.7 Å². The third kappa shape index (κ3) is 8.22. The molecule has 0 saturated carbocycles. The summed E-state index contributed by atoms with van der Waals surface area (Å²) in [5, 5.41) is 0. The number of hydrogen-bond acceptors (Lipinski definition) is 4. The Labute approximate surface area is 177 Å². The molecule has 1 aliphatic rings. The predicted octanol–water partition coefficient (Wildman–Crippen LogP) is 4.99. The van der Waals surface area contributed by atoms with Gasteiger partial charge in [-0.3, -0.25) is 14.6 Å². The topological polar surface area (TPSA) is 76.3 Å². The Morgan fingerprint density at radius 1 is 1.24 bits per heavy atom. The molecule has 1 aromatic rings. The lowest BCUT2D eigenvalue weighted by atomic mass is 9.76. The van der Waals surface area contributed by atoms with Crippen molar-refractivity contribution in [2.45, 2.75) is 67.7 Å². The molecule has 1 amide bonds. The van der Waals surface area contributed by atoms with Crippen molar-refractivity contribution in [3.63, 3.8) is 0 Å². The first kappa shape index (κ1) is 26.6. The molecule has 0 bridgehead atoms. The number of Topliss-reactive ketones (excluding diaryl/α,β-unsaturated/α-hetero) is 1. The number of amides is 1. The van der Waals surface area contributed by atoms with Crippen molar-refractivity contribution in [1.29, 1.82) is 0 Å². The van der Waals surface area contributed by atoms with E-state index in [0.717, 1.165) is 23.1 Å². The van der Waals surface area contributed by atoms with Crippen LogP contribution in [0.15, 0.2) is 41.4 Å². The summed E-state index contributed by atoms with van der Waals surface area (Å²) in [6.07, 6.45) is 5.78. The van der Waals surface area contributed by atoms with Gasteiger partial charge >= 0.3 is 0 Å². The van der Waals surface area contributed by atoms with Gasteiger partial charge in [-0.25, -0.2) is 0 Å². The van der Waals surface area contributed by atoms with E-state index in [1.165, 1.54) is 5.70 Å². The van der Waals surface area contributed by atoms with Gasteiger partial charge in [0.25, 0.3) is 0 Å². The van der Waals surface area contributed by atoms with Crippen LogP contribution in [0.1, 0.15) is 73.3 Å². The number of aromatic nitrogens is 1. The van der Waals surface area contributed by atoms with Crippen LogP contribution in [-0.4, -0.2) is 35.7 Å². The third-order valence-electron chi connectivity index (χ3n) is 4.87. The molecule has 0 unspecified atom stereocenters. The zero-order chi connectivity index (χ0) is 22.8. The molecular formula is C24H39N3O2. The molecule has 0 atom stereocenters. The smallest absolute Gasteiger partial charge is 0.244 e. The van der Waals surface area contributed by atoms with Gasteiger partial charge in [-0.15, -0.1) is 0 Å². The van der Waals surface area contributed by atoms with Gasteiger partial charge in [0, 0.05) is 49.8 Å². The molecule has 2 N–H and O–H groups in total. The Balaban J connectivity index is 0.000000499. The van der Waals surface area contributed by atoms with Crippen molar-refractivity contribution in [2.24, 2.45) is 11.1 Å². The summed E-state index contributed by atoms with van der Waals surface area (Å²) in [6, 6.07) is 3.76. The Bertz CT molecular complexity index is 745. The van der Waals surface area contributed by atoms with E-state index in [4.69, 9.17) is 5.73 Å². The van der Waals surface area contributed by atoms with Crippen molar-refractivity contribution in [1.82, 2.24) is 9.88 Å². The van der Waals surface area contributed by atoms with E-state index in [9.17, 15) is 9.59 Å². The largest absolute Gasteiger partial charge is 0.381 e. The van der Waals surface area contributed by atoms with Crippen LogP contribution in [0.2, 0.25) is 0 Å². The number of primary amides is 1. The standard InChI is InChI=1S/C11H14N2O.C11H19NO.C2H6/c1-3-10(11(12)14)8(2)9-5-4-6-13-7-9;1-8-9(12(4)5)6-11(2,3)7-10(8)13;1-2/h4-7H,3H2,1-2H3,(H2,12,14);6-7H2,1-5H3;1-2H3/b10-8-;;. The Kier molecular flexibility index (Phi) is 11.2. The summed E-state index contributed by atoms with van der Waals surface area (Å²) >= 11 is 0. The summed E-state index contributed by atoms with van der Waals surface area (Å²) in [5.41, 5.74) is 10.1. The number of nitrogens with two attached hydrogens (primary N) is 1. The highest BCUT2D eigenvalue weighted by molar-refractivity contribution is 5.99. The molecule has 0 aliphatic heterocycles. The number of carbonyl (C=O) groups excluding carboxylic acids is 2. The van der Waals surface area contributed by atoms with E-state index in [1.54, 1.807) is 12.4 Å². The van der Waals surface area contributed by atoms with Crippen LogP contribution in [0.4, 0.5) is 0 Å². The molecule has 0 saturated heterocycles. The highest BCUT2D eigenvalue weighted by Gasteiger charge is 2.31. The number of allylic oxidation sites excluding steroid dienone is 3. The monoisotopic (exact) mass is 401 g/mol. The molecule has 0 aromatic carbocycles. The highest BCUT2D eigenvalue weighted by atomic mass is 16.1. The van der Waals surface area contributed by atoms with E-state index in [0.29, 0.717) is 24.2 Å². The van der Waals surface area contributed by atoms with Gasteiger partial charge in [0.2, 0.25) is 5.91 Å². The summed E-state index contributed by atoms with van der Waals surface area (Å²) in [4.78, 5) is 28.8. The fourth-order valence-electron chi connectivity index (χ4n) is 3.25. The minimum Gasteiger partial charge on any atom is -0.381 e. The summed E-state index contributed by atoms with van der Waals surface area (Å²) in [7, 11) is 4.01. The highest BCUT2D eigenvalue weighted by Crippen LogP contribution is 2.37. The maximum atomic E-state index is 11.6. The predicted molar refractivity (Wildman–Crippen MR) is 122 cm³/mol. The lowest BCUT2D eigenvalue weighted by molar-refractivity contribution is -0.118. The average Bonchev–Trinajstić information content (AvgIpc) is 2.67. The van der Waals surface area contributed by atoms with Crippen LogP contribution < -0.4 is 5.73 Å². The van der Waals surface area contributed by atoms with Crippen LogP contribution in [0.25, 0.3) is 5.57 Å². The maximum absolute atomic E-state index is 11.6. The minimum atomic E-state index is -0.353. The second-order valence-electron chi connectivity index (χ2n) is 7.97. The molecule has 5 nitrogen and oxygen atoms in total.